The monoisotopic (exact) mass is 796 g/mol. The fourth-order valence-electron chi connectivity index (χ4n) is 6.48. The first kappa shape index (κ1) is 40.4. The molecule has 0 radical (unpaired) electrons. The molecule has 5 heterocycles. The van der Waals surface area contributed by atoms with Gasteiger partial charge in [0.2, 0.25) is 11.6 Å². The Hall–Kier alpha value is -7.31. The highest BCUT2D eigenvalue weighted by Crippen LogP contribution is 2.39. The lowest BCUT2D eigenvalue weighted by Crippen LogP contribution is -2.18. The molecule has 4 N–H and O–H groups in total. The number of nitrogen functional groups attached to an aromatic ring is 1. The second-order valence-electron chi connectivity index (χ2n) is 12.8. The number of nitrogens with one attached hydrogen (secondary N) is 2. The fraction of sp³-hybridized carbons (Fsp3) is 0.186. The van der Waals surface area contributed by atoms with Gasteiger partial charge in [0.25, 0.3) is 5.91 Å². The van der Waals surface area contributed by atoms with Crippen molar-refractivity contribution in [3.05, 3.63) is 136 Å². The van der Waals surface area contributed by atoms with E-state index >= 15 is 0 Å². The van der Waals surface area contributed by atoms with E-state index in [0.717, 1.165) is 69.4 Å². The Morgan fingerprint density at radius 3 is 2.33 bits per heavy atom. The standard InChI is InChI=1S/C17H16N2O2.C13H14N5O.C13H12N2O2S/c1-20-14-7-3-12(4-8-14)16-11-18-19-17(16)13-5-9-15(21-2)10-6-13;1-17(19)11-12(14)15-8-16-13(11)18-7-6-9-4-2-3-5-10(9)18;1-3-9-8(2)18-13(10(9)7-14)15-12(16)11-5-4-6-17-11/h3-11H,1-2H3,(H,18,19);2-5,8H,6-7H2,1H3,(H2,14,15,16);4-6H,3H2,1-2H3,(H,15,16)/q;+1;. The van der Waals surface area contributed by atoms with Gasteiger partial charge in [0.1, 0.15) is 28.9 Å². The van der Waals surface area contributed by atoms with Gasteiger partial charge < -0.3 is 29.8 Å². The molecule has 294 valence electrons. The van der Waals surface area contributed by atoms with Crippen molar-refractivity contribution in [2.75, 3.05) is 43.8 Å². The van der Waals surface area contributed by atoms with Gasteiger partial charge in [-0.15, -0.1) is 11.3 Å². The van der Waals surface area contributed by atoms with Crippen molar-refractivity contribution in [1.82, 2.24) is 20.2 Å². The summed E-state index contributed by atoms with van der Waals surface area (Å²) in [4.78, 5) is 34.7. The van der Waals surface area contributed by atoms with Crippen LogP contribution in [0.1, 0.15) is 39.0 Å². The molecule has 0 fully saturated rings. The summed E-state index contributed by atoms with van der Waals surface area (Å²) in [5.74, 6) is 2.35. The number of nitrogens with zero attached hydrogens (tertiary/aromatic N) is 6. The number of aromatic amines is 1. The Balaban J connectivity index is 0.000000147. The Bertz CT molecular complexity index is 2480. The third kappa shape index (κ3) is 8.88. The molecule has 14 nitrogen and oxygen atoms in total. The number of ether oxygens (including phenoxy) is 2. The highest BCUT2D eigenvalue weighted by molar-refractivity contribution is 7.16. The van der Waals surface area contributed by atoms with Crippen molar-refractivity contribution < 1.29 is 23.4 Å². The van der Waals surface area contributed by atoms with Crippen LogP contribution in [0.5, 0.6) is 11.5 Å². The number of aryl methyl sites for hydroxylation is 1. The van der Waals surface area contributed by atoms with Crippen LogP contribution in [0.2, 0.25) is 0 Å². The van der Waals surface area contributed by atoms with Gasteiger partial charge in [-0.2, -0.15) is 10.4 Å². The van der Waals surface area contributed by atoms with Crippen molar-refractivity contribution in [1.29, 1.82) is 5.26 Å². The third-order valence-electron chi connectivity index (χ3n) is 9.35. The average molecular weight is 797 g/mol. The number of nitriles is 1. The van der Waals surface area contributed by atoms with Crippen molar-refractivity contribution in [2.24, 2.45) is 0 Å². The molecule has 15 heteroatoms. The molecule has 4 aromatic heterocycles. The molecule has 8 rings (SSSR count). The molecule has 0 saturated heterocycles. The lowest BCUT2D eigenvalue weighted by molar-refractivity contribution is -0.427. The minimum atomic E-state index is -0.333. The lowest BCUT2D eigenvalue weighted by Gasteiger charge is -2.17. The van der Waals surface area contributed by atoms with Crippen LogP contribution in [0.15, 0.2) is 108 Å². The highest BCUT2D eigenvalue weighted by Gasteiger charge is 2.30. The zero-order valence-electron chi connectivity index (χ0n) is 32.6. The number of para-hydroxylation sites is 1. The molecule has 58 heavy (non-hydrogen) atoms. The first-order valence-corrected chi connectivity index (χ1v) is 19.0. The second kappa shape index (κ2) is 18.5. The first-order chi connectivity index (χ1) is 28.2. The number of aromatic nitrogens is 4. The summed E-state index contributed by atoms with van der Waals surface area (Å²) in [6.45, 7) is 4.73. The summed E-state index contributed by atoms with van der Waals surface area (Å²) >= 11 is 1.42. The summed E-state index contributed by atoms with van der Waals surface area (Å²) in [6, 6.07) is 29.3. The van der Waals surface area contributed by atoms with Crippen LogP contribution < -0.4 is 25.4 Å². The van der Waals surface area contributed by atoms with E-state index in [1.165, 1.54) is 36.5 Å². The molecule has 1 amide bonds. The summed E-state index contributed by atoms with van der Waals surface area (Å²) in [5.41, 5.74) is 14.2. The summed E-state index contributed by atoms with van der Waals surface area (Å²) in [6.07, 6.45) is 6.38. The second-order valence-corrected chi connectivity index (χ2v) is 14.0. The Morgan fingerprint density at radius 2 is 1.71 bits per heavy atom. The molecule has 0 bridgehead atoms. The Labute approximate surface area is 339 Å². The van der Waals surface area contributed by atoms with Crippen molar-refractivity contribution in [2.45, 2.75) is 26.7 Å². The number of fused-ring (bicyclic) bond motifs is 1. The van der Waals surface area contributed by atoms with Crippen LogP contribution >= 0.6 is 11.3 Å². The minimum Gasteiger partial charge on any atom is -0.497 e. The molecule has 0 spiro atoms. The van der Waals surface area contributed by atoms with E-state index in [-0.39, 0.29) is 17.5 Å². The number of thiophene rings is 1. The van der Waals surface area contributed by atoms with Crippen molar-refractivity contribution in [3.8, 4) is 40.0 Å². The number of carbonyl (C=O) groups excluding carboxylic acids is 1. The fourth-order valence-corrected chi connectivity index (χ4v) is 7.57. The predicted octanol–water partition coefficient (Wildman–Crippen LogP) is 8.89. The Morgan fingerprint density at radius 1 is 1.02 bits per heavy atom. The van der Waals surface area contributed by atoms with Crippen LogP contribution in [-0.4, -0.2) is 58.6 Å². The number of rotatable bonds is 9. The number of hydrogen-bond donors (Lipinski definition) is 3. The quantitative estimate of drug-likeness (QED) is 0.118. The number of benzene rings is 3. The molecule has 1 aliphatic rings. The van der Waals surface area contributed by atoms with Gasteiger partial charge in [-0.1, -0.05) is 37.3 Å². The van der Waals surface area contributed by atoms with E-state index in [1.54, 1.807) is 26.4 Å². The van der Waals surface area contributed by atoms with E-state index in [4.69, 9.17) is 24.9 Å². The lowest BCUT2D eigenvalue weighted by atomic mass is 10.0. The number of hydrogen-bond acceptors (Lipinski definition) is 12. The number of carbonyl (C=O) groups is 1. The van der Waals surface area contributed by atoms with Crippen molar-refractivity contribution in [3.63, 3.8) is 0 Å². The average Bonchev–Trinajstić information content (AvgIpc) is 4.08. The van der Waals surface area contributed by atoms with Gasteiger partial charge in [0.05, 0.1) is 37.9 Å². The number of amides is 1. The smallest absolute Gasteiger partial charge is 0.339 e. The van der Waals surface area contributed by atoms with Crippen LogP contribution in [-0.2, 0) is 12.8 Å². The maximum absolute atomic E-state index is 11.8. The predicted molar refractivity (Wildman–Crippen MR) is 225 cm³/mol. The molecule has 7 aromatic rings. The van der Waals surface area contributed by atoms with E-state index in [1.807, 2.05) is 91.7 Å². The number of anilines is 4. The van der Waals surface area contributed by atoms with Crippen LogP contribution in [0.4, 0.5) is 28.0 Å². The molecule has 0 saturated carbocycles. The van der Waals surface area contributed by atoms with Gasteiger partial charge in [-0.3, -0.25) is 9.89 Å². The molecular weight excluding hydrogens is 755 g/mol. The van der Waals surface area contributed by atoms with Gasteiger partial charge in [0.15, 0.2) is 12.8 Å². The minimum absolute atomic E-state index is 0.201. The molecule has 0 unspecified atom stereocenters. The summed E-state index contributed by atoms with van der Waals surface area (Å²) in [5, 5.41) is 19.7. The largest absolute Gasteiger partial charge is 0.497 e. The van der Waals surface area contributed by atoms with E-state index in [9.17, 15) is 9.70 Å². The maximum Gasteiger partial charge on any atom is 0.339 e. The molecule has 1 aliphatic heterocycles. The number of furan rings is 1. The van der Waals surface area contributed by atoms with E-state index in [0.29, 0.717) is 26.8 Å². The van der Waals surface area contributed by atoms with Gasteiger partial charge in [-0.05, 0) is 91.1 Å². The molecule has 0 atom stereocenters. The molecular formula is C43H42N9O5S+. The number of nitrogens with two attached hydrogens (primary N) is 1. The zero-order valence-corrected chi connectivity index (χ0v) is 33.5. The highest BCUT2D eigenvalue weighted by atomic mass is 32.1. The molecule has 3 aromatic carbocycles. The van der Waals surface area contributed by atoms with E-state index < -0.39 is 0 Å². The van der Waals surface area contributed by atoms with Crippen LogP contribution in [0, 0.1) is 23.2 Å². The van der Waals surface area contributed by atoms with Crippen LogP contribution in [0.25, 0.3) is 22.4 Å². The first-order valence-electron chi connectivity index (χ1n) is 18.2. The van der Waals surface area contributed by atoms with Gasteiger partial charge >= 0.3 is 5.69 Å². The van der Waals surface area contributed by atoms with Crippen molar-refractivity contribution >= 4 is 45.3 Å². The van der Waals surface area contributed by atoms with Gasteiger partial charge in [0, 0.05) is 37.9 Å². The number of H-pyrrole nitrogens is 1. The molecule has 0 aliphatic carbocycles. The SMILES string of the molecule is CCc1c(C)sc(NC(=O)c2ccco2)c1C#N.COc1ccc(-c2cn[nH]c2-c2ccc(OC)cc2)cc1.C[N+](=O)c1c(N)ncnc1N1CCc2ccccc21. The third-order valence-corrected chi connectivity index (χ3v) is 10.4. The van der Waals surface area contributed by atoms with Gasteiger partial charge in [-0.25, -0.2) is 9.97 Å². The summed E-state index contributed by atoms with van der Waals surface area (Å²) in [7, 11) is 4.73. The topological polar surface area (TPSA) is 188 Å². The van der Waals surface area contributed by atoms with Crippen LogP contribution in [0.3, 0.4) is 0 Å². The maximum atomic E-state index is 11.8. The number of nitroso groups, excluding NO2 is 1. The van der Waals surface area contributed by atoms with E-state index in [2.05, 4.69) is 37.6 Å². The zero-order chi connectivity index (χ0) is 41.2. The normalized spacial score (nSPS) is 11.3. The summed E-state index contributed by atoms with van der Waals surface area (Å²) < 4.78 is 16.1. The number of methoxy groups -OCH3 is 2. The Kier molecular flexibility index (Phi) is 12.9.